The zero-order chi connectivity index (χ0) is 19.3. The van der Waals surface area contributed by atoms with Crippen molar-refractivity contribution in [2.24, 2.45) is 0 Å². The Labute approximate surface area is 172 Å². The van der Waals surface area contributed by atoms with Crippen LogP contribution < -0.4 is 0 Å². The molecule has 132 valence electrons. The second kappa shape index (κ2) is 9.38. The minimum Gasteiger partial charge on any atom is -0.165 e. The Hall–Kier alpha value is -1.59. The van der Waals surface area contributed by atoms with E-state index in [1.165, 1.54) is 47.0 Å². The Kier molecular flexibility index (Phi) is 7.47. The molecule has 0 aliphatic carbocycles. The quantitative estimate of drug-likeness (QED) is 0.267. The molecular formula is C25H28Zr. The third kappa shape index (κ3) is 5.71. The van der Waals surface area contributed by atoms with Crippen LogP contribution in [0.4, 0.5) is 0 Å². The predicted octanol–water partition coefficient (Wildman–Crippen LogP) is 7.10. The van der Waals surface area contributed by atoms with Crippen molar-refractivity contribution < 1.29 is 24.2 Å². The molecule has 0 nitrogen and oxygen atoms in total. The van der Waals surface area contributed by atoms with Gasteiger partial charge in [0.2, 0.25) is 0 Å². The molecule has 0 radical (unpaired) electrons. The summed E-state index contributed by atoms with van der Waals surface area (Å²) in [6.45, 7) is 12.8. The van der Waals surface area contributed by atoms with Gasteiger partial charge in [-0.15, -0.1) is 69.1 Å². The summed E-state index contributed by atoms with van der Waals surface area (Å²) in [6, 6.07) is 21.8. The fourth-order valence-corrected chi connectivity index (χ4v) is 3.08. The smallest absolute Gasteiger partial charge is 0.0488 e. The van der Waals surface area contributed by atoms with E-state index in [-0.39, 0.29) is 0 Å². The molecule has 0 fully saturated rings. The molecule has 26 heavy (non-hydrogen) atoms. The zero-order valence-electron chi connectivity index (χ0n) is 16.8. The van der Waals surface area contributed by atoms with E-state index >= 15 is 0 Å². The van der Waals surface area contributed by atoms with Crippen LogP contribution >= 0.6 is 0 Å². The maximum atomic E-state index is 2.24. The Morgan fingerprint density at radius 2 is 1.04 bits per heavy atom. The Morgan fingerprint density at radius 3 is 1.35 bits per heavy atom. The molecule has 4 rings (SSSR count). The molecule has 0 heterocycles. The molecule has 0 unspecified atom stereocenters. The topological polar surface area (TPSA) is 0 Å². The molecule has 0 atom stereocenters. The number of hydrogen-bond acceptors (Lipinski definition) is 0. The Balaban J connectivity index is 0.000000156. The first kappa shape index (κ1) is 20.7. The molecule has 0 aliphatic rings. The molecule has 4 aromatic carbocycles. The van der Waals surface area contributed by atoms with E-state index in [4.69, 9.17) is 0 Å². The first-order valence-electron chi connectivity index (χ1n) is 9.05. The fraction of sp³-hybridized carbons (Fsp3) is 0.240. The van der Waals surface area contributed by atoms with Gasteiger partial charge < -0.3 is 0 Å². The number of rotatable bonds is 0. The van der Waals surface area contributed by atoms with Crippen LogP contribution in [0.25, 0.3) is 21.5 Å². The van der Waals surface area contributed by atoms with Crippen LogP contribution in [0.15, 0.2) is 60.7 Å². The Bertz CT molecular complexity index is 929. The monoisotopic (exact) mass is 418 g/mol. The molecule has 0 amide bonds. The van der Waals surface area contributed by atoms with E-state index in [9.17, 15) is 0 Å². The molecular weight excluding hydrogens is 391 g/mol. The Morgan fingerprint density at radius 1 is 0.692 bits per heavy atom. The minimum atomic E-state index is 1.36. The summed E-state index contributed by atoms with van der Waals surface area (Å²) < 4.78 is 1.51. The largest absolute Gasteiger partial charge is 0.165 e. The van der Waals surface area contributed by atoms with Crippen LogP contribution in [0, 0.1) is 27.7 Å². The second-order valence-corrected chi connectivity index (χ2v) is 9.68. The van der Waals surface area contributed by atoms with Crippen molar-refractivity contribution >= 4 is 24.8 Å². The van der Waals surface area contributed by atoms with Gasteiger partial charge in [-0.3, -0.25) is 0 Å². The van der Waals surface area contributed by atoms with E-state index in [0.717, 1.165) is 0 Å². The van der Waals surface area contributed by atoms with Gasteiger partial charge >= 0.3 is 41.3 Å². The third-order valence-corrected chi connectivity index (χ3v) is 4.23. The average Bonchev–Trinajstić information content (AvgIpc) is 3.11. The van der Waals surface area contributed by atoms with Crippen molar-refractivity contribution in [3.05, 3.63) is 82.9 Å². The van der Waals surface area contributed by atoms with Crippen LogP contribution in [-0.2, 0) is 24.2 Å². The molecule has 0 aromatic heterocycles. The molecule has 0 saturated carbocycles. The van der Waals surface area contributed by atoms with Crippen molar-refractivity contribution in [2.75, 3.05) is 0 Å². The average molecular weight is 420 g/mol. The summed E-state index contributed by atoms with van der Waals surface area (Å²) in [4.78, 5) is 0. The number of aryl methyl sites for hydroxylation is 4. The fourth-order valence-electron chi connectivity index (χ4n) is 3.08. The summed E-state index contributed by atoms with van der Waals surface area (Å²) in [5, 5.41) is 5.51. The number of fused-ring (bicyclic) bond motifs is 2. The summed E-state index contributed by atoms with van der Waals surface area (Å²) in [5.74, 6) is 0. The molecule has 1 heteroatoms. The van der Waals surface area contributed by atoms with Crippen molar-refractivity contribution in [3.8, 4) is 0 Å². The summed E-state index contributed by atoms with van der Waals surface area (Å²) in [5.41, 5.74) is 5.45. The maximum Gasteiger partial charge on any atom is -0.0488 e. The van der Waals surface area contributed by atoms with Crippen LogP contribution in [0.5, 0.6) is 0 Å². The van der Waals surface area contributed by atoms with E-state index < -0.39 is 0 Å². The first-order chi connectivity index (χ1) is 12.3. The molecule has 0 aliphatic heterocycles. The van der Waals surface area contributed by atoms with Gasteiger partial charge in [-0.25, -0.2) is 0 Å². The van der Waals surface area contributed by atoms with Gasteiger partial charge in [0.25, 0.3) is 0 Å². The van der Waals surface area contributed by atoms with Gasteiger partial charge in [-0.2, -0.15) is 12.1 Å². The van der Waals surface area contributed by atoms with Gasteiger partial charge in [0.1, 0.15) is 0 Å². The van der Waals surface area contributed by atoms with E-state index in [1.807, 2.05) is 0 Å². The zero-order valence-corrected chi connectivity index (χ0v) is 19.2. The van der Waals surface area contributed by atoms with Crippen molar-refractivity contribution in [3.63, 3.8) is 0 Å². The van der Waals surface area contributed by atoms with Crippen LogP contribution in [0.3, 0.4) is 0 Å². The summed E-state index contributed by atoms with van der Waals surface area (Å²) >= 11 is 1.55. The molecule has 0 N–H and O–H groups in total. The standard InChI is InChI=1S/2C11H11.C3H6.Zr/c2*1-8-6-10-5-3-4-9(2)11(10)7-8;1-3-2;/h2*3-7H,1-2H3;1-2H3;/q2*-1;;+2. The third-order valence-electron chi connectivity index (χ3n) is 4.23. The van der Waals surface area contributed by atoms with Crippen LogP contribution in [-0.4, -0.2) is 3.21 Å². The van der Waals surface area contributed by atoms with E-state index in [0.29, 0.717) is 0 Å². The van der Waals surface area contributed by atoms with Crippen molar-refractivity contribution in [2.45, 2.75) is 41.5 Å². The molecule has 4 aromatic rings. The second-order valence-electron chi connectivity index (χ2n) is 7.22. The van der Waals surface area contributed by atoms with Gasteiger partial charge in [-0.05, 0) is 13.8 Å². The van der Waals surface area contributed by atoms with Gasteiger partial charge in [-0.1, -0.05) is 37.1 Å². The van der Waals surface area contributed by atoms with Gasteiger partial charge in [0.15, 0.2) is 0 Å². The minimum absolute atomic E-state index is 1.36. The van der Waals surface area contributed by atoms with Crippen LogP contribution in [0.2, 0.25) is 0 Å². The van der Waals surface area contributed by atoms with Gasteiger partial charge in [0.05, 0.1) is 0 Å². The summed E-state index contributed by atoms with van der Waals surface area (Å²) in [6.07, 6.45) is 0. The predicted molar refractivity (Wildman–Crippen MR) is 114 cm³/mol. The molecule has 0 spiro atoms. The number of benzene rings is 2. The summed E-state index contributed by atoms with van der Waals surface area (Å²) in [7, 11) is 0. The first-order valence-corrected chi connectivity index (χ1v) is 10.3. The van der Waals surface area contributed by atoms with E-state index in [1.54, 1.807) is 24.2 Å². The van der Waals surface area contributed by atoms with Crippen LogP contribution in [0.1, 0.15) is 36.1 Å². The van der Waals surface area contributed by atoms with Crippen molar-refractivity contribution in [1.82, 2.24) is 0 Å². The maximum absolute atomic E-state index is 2.24. The van der Waals surface area contributed by atoms with E-state index in [2.05, 4.69) is 102 Å². The molecule has 0 bridgehead atoms. The molecule has 0 saturated heterocycles. The normalized spacial score (nSPS) is 10.2. The SMILES string of the molecule is C[C](C)=[Zr+2].Cc1cc2c(C)cccc2[cH-]1.Cc1cc2c(C)cccc2[cH-]1. The number of hydrogen-bond donors (Lipinski definition) is 0. The van der Waals surface area contributed by atoms with Crippen molar-refractivity contribution in [1.29, 1.82) is 0 Å². The van der Waals surface area contributed by atoms with Gasteiger partial charge in [0, 0.05) is 0 Å².